The van der Waals surface area contributed by atoms with Gasteiger partial charge in [-0.3, -0.25) is 0 Å². The quantitative estimate of drug-likeness (QED) is 0.612. The first-order chi connectivity index (χ1) is 8.19. The van der Waals surface area contributed by atoms with Crippen molar-refractivity contribution >= 4 is 54.8 Å². The summed E-state index contributed by atoms with van der Waals surface area (Å²) in [4.78, 5) is 1.19. The van der Waals surface area contributed by atoms with Gasteiger partial charge < -0.3 is 4.74 Å². The first-order valence-corrected chi connectivity index (χ1v) is 7.84. The second kappa shape index (κ2) is 6.23. The molecule has 0 unspecified atom stereocenters. The average molecular weight is 397 g/mol. The molecule has 0 fully saturated rings. The van der Waals surface area contributed by atoms with Crippen molar-refractivity contribution in [3.8, 4) is 5.75 Å². The Morgan fingerprint density at radius 2 is 2.00 bits per heavy atom. The number of ether oxygens (including phenoxy) is 1. The molecular weight excluding hydrogens is 387 g/mol. The van der Waals surface area contributed by atoms with Crippen LogP contribution in [-0.4, -0.2) is 0 Å². The van der Waals surface area contributed by atoms with Gasteiger partial charge in [0.05, 0.1) is 8.26 Å². The molecule has 2 aromatic rings. The summed E-state index contributed by atoms with van der Waals surface area (Å²) in [5, 5.41) is 0. The Morgan fingerprint density at radius 3 is 2.59 bits per heavy atom. The second-order valence-corrected chi connectivity index (χ2v) is 7.06. The van der Waals surface area contributed by atoms with Crippen molar-refractivity contribution < 1.29 is 4.74 Å². The monoisotopic (exact) mass is 394 g/mol. The summed E-state index contributed by atoms with van der Waals surface area (Å²) in [6, 6.07) is 9.96. The molecule has 90 valence electrons. The number of benzene rings is 1. The summed E-state index contributed by atoms with van der Waals surface area (Å²) < 4.78 is 7.79. The fourth-order valence-electron chi connectivity index (χ4n) is 1.32. The normalized spacial score (nSPS) is 10.5. The van der Waals surface area contributed by atoms with Crippen molar-refractivity contribution in [2.24, 2.45) is 0 Å². The lowest BCUT2D eigenvalue weighted by molar-refractivity contribution is 0.308. The Bertz CT molecular complexity index is 513. The van der Waals surface area contributed by atoms with Crippen molar-refractivity contribution in [2.45, 2.75) is 12.5 Å². The van der Waals surface area contributed by atoms with Crippen LogP contribution in [0.1, 0.15) is 10.4 Å². The smallest absolute Gasteiger partial charge is 0.134 e. The molecule has 0 amide bonds. The zero-order chi connectivity index (χ0) is 12.3. The third-order valence-electron chi connectivity index (χ3n) is 2.15. The van der Waals surface area contributed by atoms with Crippen LogP contribution in [0.3, 0.4) is 0 Å². The van der Waals surface area contributed by atoms with E-state index in [-0.39, 0.29) is 0 Å². The largest absolute Gasteiger partial charge is 0.487 e. The molecule has 0 saturated carbocycles. The molecule has 2 rings (SSSR count). The Hall–Kier alpha value is -0.0300. The predicted octanol–water partition coefficient (Wildman–Crippen LogP) is 5.59. The molecule has 0 bridgehead atoms. The van der Waals surface area contributed by atoms with E-state index in [0.717, 1.165) is 19.6 Å². The van der Waals surface area contributed by atoms with Gasteiger partial charge >= 0.3 is 0 Å². The maximum Gasteiger partial charge on any atom is 0.134 e. The van der Waals surface area contributed by atoms with Crippen molar-refractivity contribution in [3.63, 3.8) is 0 Å². The van der Waals surface area contributed by atoms with Gasteiger partial charge in [-0.05, 0) is 61.7 Å². The van der Waals surface area contributed by atoms with Crippen molar-refractivity contribution in [2.75, 3.05) is 0 Å². The van der Waals surface area contributed by atoms with E-state index in [1.54, 1.807) is 11.3 Å². The summed E-state index contributed by atoms with van der Waals surface area (Å²) in [7, 11) is 0. The highest BCUT2D eigenvalue weighted by atomic mass is 79.9. The maximum atomic E-state index is 5.76. The van der Waals surface area contributed by atoms with Gasteiger partial charge in [-0.1, -0.05) is 6.07 Å². The van der Waals surface area contributed by atoms with E-state index in [2.05, 4.69) is 37.9 Å². The van der Waals surface area contributed by atoms with Gasteiger partial charge in [0.15, 0.2) is 0 Å². The third kappa shape index (κ3) is 3.71. The number of hydrogen-bond acceptors (Lipinski definition) is 2. The van der Waals surface area contributed by atoms with Crippen LogP contribution in [0.25, 0.3) is 0 Å². The second-order valence-electron chi connectivity index (χ2n) is 3.39. The van der Waals surface area contributed by atoms with Gasteiger partial charge in [-0.15, -0.1) is 22.9 Å². The first-order valence-electron chi connectivity index (χ1n) is 4.90. The lowest BCUT2D eigenvalue weighted by Crippen LogP contribution is -1.94. The summed E-state index contributed by atoms with van der Waals surface area (Å²) in [5.74, 6) is 1.35. The van der Waals surface area contributed by atoms with Crippen LogP contribution in [0.5, 0.6) is 5.75 Å². The molecule has 1 aromatic carbocycles. The van der Waals surface area contributed by atoms with E-state index in [9.17, 15) is 0 Å². The van der Waals surface area contributed by atoms with E-state index >= 15 is 0 Å². The Morgan fingerprint density at radius 1 is 1.18 bits per heavy atom. The molecule has 0 aliphatic rings. The van der Waals surface area contributed by atoms with Crippen LogP contribution in [-0.2, 0) is 12.5 Å². The maximum absolute atomic E-state index is 5.76. The van der Waals surface area contributed by atoms with Crippen molar-refractivity contribution in [1.82, 2.24) is 0 Å². The van der Waals surface area contributed by atoms with E-state index in [0.29, 0.717) is 12.5 Å². The fraction of sp³-hybridized carbons (Fsp3) is 0.167. The van der Waals surface area contributed by atoms with E-state index in [4.69, 9.17) is 16.3 Å². The number of thiophene rings is 1. The van der Waals surface area contributed by atoms with E-state index in [1.165, 1.54) is 4.88 Å². The fourth-order valence-corrected chi connectivity index (χ4v) is 3.43. The van der Waals surface area contributed by atoms with Gasteiger partial charge in [-0.2, -0.15) is 0 Å². The summed E-state index contributed by atoms with van der Waals surface area (Å²) in [6.45, 7) is 0.578. The van der Waals surface area contributed by atoms with Crippen LogP contribution in [0.2, 0.25) is 0 Å². The highest BCUT2D eigenvalue weighted by molar-refractivity contribution is 9.11. The zero-order valence-corrected chi connectivity index (χ0v) is 13.5. The standard InChI is InChI=1S/C12H9Br2ClOS/c13-10-5-8(6-15)1-3-11(10)16-7-9-2-4-12(14)17-9/h1-5H,6-7H2. The van der Waals surface area contributed by atoms with Crippen molar-refractivity contribution in [1.29, 1.82) is 0 Å². The van der Waals surface area contributed by atoms with Crippen LogP contribution >= 0.6 is 54.8 Å². The molecule has 1 nitrogen and oxygen atoms in total. The SMILES string of the molecule is ClCc1ccc(OCc2ccc(Br)s2)c(Br)c1. The van der Waals surface area contributed by atoms with Gasteiger partial charge in [-0.25, -0.2) is 0 Å². The molecule has 1 aromatic heterocycles. The minimum Gasteiger partial charge on any atom is -0.487 e. The van der Waals surface area contributed by atoms with Crippen molar-refractivity contribution in [3.05, 3.63) is 49.0 Å². The van der Waals surface area contributed by atoms with E-state index < -0.39 is 0 Å². The Labute approximate surface area is 126 Å². The topological polar surface area (TPSA) is 9.23 Å². The Kier molecular flexibility index (Phi) is 4.91. The molecule has 0 radical (unpaired) electrons. The van der Waals surface area contributed by atoms with Crippen LogP contribution in [0.15, 0.2) is 38.6 Å². The molecule has 0 N–H and O–H groups in total. The molecule has 0 atom stereocenters. The lowest BCUT2D eigenvalue weighted by Gasteiger charge is -2.07. The molecule has 5 heteroatoms. The number of alkyl halides is 1. The van der Waals surface area contributed by atoms with Gasteiger partial charge in [0.25, 0.3) is 0 Å². The first kappa shape index (κ1) is 13.4. The molecule has 0 spiro atoms. The van der Waals surface area contributed by atoms with E-state index in [1.807, 2.05) is 24.3 Å². The average Bonchev–Trinajstić information content (AvgIpc) is 2.73. The number of rotatable bonds is 4. The molecular formula is C12H9Br2ClOS. The third-order valence-corrected chi connectivity index (χ3v) is 4.67. The van der Waals surface area contributed by atoms with Gasteiger partial charge in [0, 0.05) is 10.8 Å². The summed E-state index contributed by atoms with van der Waals surface area (Å²) in [5.41, 5.74) is 1.07. The number of halogens is 3. The molecule has 1 heterocycles. The van der Waals surface area contributed by atoms with Gasteiger partial charge in [0.2, 0.25) is 0 Å². The molecule has 0 aliphatic carbocycles. The molecule has 0 aliphatic heterocycles. The lowest BCUT2D eigenvalue weighted by atomic mass is 10.2. The van der Waals surface area contributed by atoms with Gasteiger partial charge in [0.1, 0.15) is 12.4 Å². The molecule has 0 saturated heterocycles. The highest BCUT2D eigenvalue weighted by Crippen LogP contribution is 2.29. The number of hydrogen-bond donors (Lipinski definition) is 0. The minimum atomic E-state index is 0.511. The summed E-state index contributed by atoms with van der Waals surface area (Å²) in [6.07, 6.45) is 0. The highest BCUT2D eigenvalue weighted by Gasteiger charge is 2.04. The van der Waals surface area contributed by atoms with Crippen LogP contribution in [0.4, 0.5) is 0 Å². The van der Waals surface area contributed by atoms with Crippen LogP contribution < -0.4 is 4.74 Å². The van der Waals surface area contributed by atoms with Crippen LogP contribution in [0, 0.1) is 0 Å². The zero-order valence-electron chi connectivity index (χ0n) is 8.75. The predicted molar refractivity (Wildman–Crippen MR) is 80.1 cm³/mol. The Balaban J connectivity index is 2.04. The summed E-state index contributed by atoms with van der Waals surface area (Å²) >= 11 is 14.3. The molecule has 17 heavy (non-hydrogen) atoms. The minimum absolute atomic E-state index is 0.511.